The molecule has 0 aliphatic carbocycles. The minimum absolute atomic E-state index is 0. The molecular weight excluding hydrogens is 451 g/mol. The minimum Gasteiger partial charge on any atom is -0.748 e. The summed E-state index contributed by atoms with van der Waals surface area (Å²) in [6.07, 6.45) is 0. The van der Waals surface area contributed by atoms with Crippen molar-refractivity contribution in [2.45, 2.75) is 7.96 Å². The van der Waals surface area contributed by atoms with E-state index in [1.807, 2.05) is 0 Å². The molecule has 20 heavy (non-hydrogen) atoms. The van der Waals surface area contributed by atoms with Crippen molar-refractivity contribution in [3.63, 3.8) is 0 Å². The van der Waals surface area contributed by atoms with Crippen LogP contribution in [0.25, 0.3) is 0 Å². The molecule has 0 unspecified atom stereocenters. The number of alkyl halides is 2. The maximum absolute atomic E-state index is 11.7. The SMILES string of the molecule is O=S(=O)([O-])CCOc1ccc(S(=O)(=O)C(Br)Br)cc1.[Na+]. The molecule has 0 N–H and O–H groups in total. The van der Waals surface area contributed by atoms with Crippen LogP contribution in [0.1, 0.15) is 0 Å². The second-order valence-corrected chi connectivity index (χ2v) is 11.2. The van der Waals surface area contributed by atoms with Crippen molar-refractivity contribution in [1.82, 2.24) is 0 Å². The summed E-state index contributed by atoms with van der Waals surface area (Å²) in [5, 5.41) is 0. The Morgan fingerprint density at radius 3 is 2.00 bits per heavy atom. The molecule has 1 aromatic carbocycles. The van der Waals surface area contributed by atoms with Crippen LogP contribution in [0.4, 0.5) is 0 Å². The molecule has 0 aromatic heterocycles. The Kier molecular flexibility index (Phi) is 8.82. The first-order valence-corrected chi connectivity index (χ1v) is 9.77. The normalized spacial score (nSPS) is 12.0. The van der Waals surface area contributed by atoms with Gasteiger partial charge in [-0.15, -0.1) is 0 Å². The standard InChI is InChI=1S/C9H10Br2O6S2.Na/c10-9(11)19(15,16)8-3-1-7(2-4-8)17-5-6-18(12,13)14;/h1-4,9H,5-6H2,(H,12,13,14);/q;+1/p-1. The van der Waals surface area contributed by atoms with E-state index in [2.05, 4.69) is 31.9 Å². The van der Waals surface area contributed by atoms with E-state index in [0.29, 0.717) is 0 Å². The summed E-state index contributed by atoms with van der Waals surface area (Å²) in [6.45, 7) is -0.280. The third-order valence-electron chi connectivity index (χ3n) is 1.99. The van der Waals surface area contributed by atoms with Gasteiger partial charge in [-0.1, -0.05) is 31.9 Å². The quantitative estimate of drug-likeness (QED) is 0.290. The molecule has 0 saturated carbocycles. The van der Waals surface area contributed by atoms with Crippen molar-refractivity contribution in [2.75, 3.05) is 12.4 Å². The number of benzene rings is 1. The topological polar surface area (TPSA) is 101 Å². The second kappa shape index (κ2) is 8.47. The molecule has 0 spiro atoms. The molecular formula is C9H9Br2NaO6S2. The fourth-order valence-electron chi connectivity index (χ4n) is 1.09. The molecule has 0 heterocycles. The number of halogens is 2. The molecule has 0 aliphatic rings. The maximum Gasteiger partial charge on any atom is 1.00 e. The molecule has 0 saturated heterocycles. The summed E-state index contributed by atoms with van der Waals surface area (Å²) in [7, 11) is -7.83. The second-order valence-electron chi connectivity index (χ2n) is 3.39. The molecule has 1 aromatic rings. The zero-order valence-electron chi connectivity index (χ0n) is 10.3. The van der Waals surface area contributed by atoms with Gasteiger partial charge in [-0.25, -0.2) is 16.8 Å². The van der Waals surface area contributed by atoms with Crippen LogP contribution < -0.4 is 34.3 Å². The van der Waals surface area contributed by atoms with Gasteiger partial charge in [0, 0.05) is 0 Å². The minimum atomic E-state index is -4.32. The molecule has 0 radical (unpaired) electrons. The summed E-state index contributed by atoms with van der Waals surface area (Å²) in [5.74, 6) is -0.360. The van der Waals surface area contributed by atoms with Crippen LogP contribution in [-0.4, -0.2) is 36.8 Å². The van der Waals surface area contributed by atoms with E-state index in [-0.39, 0.29) is 46.8 Å². The Morgan fingerprint density at radius 1 is 1.10 bits per heavy atom. The van der Waals surface area contributed by atoms with Gasteiger partial charge in [0.2, 0.25) is 9.84 Å². The van der Waals surface area contributed by atoms with Gasteiger partial charge in [0.05, 0.1) is 20.8 Å². The van der Waals surface area contributed by atoms with Crippen LogP contribution >= 0.6 is 31.9 Å². The van der Waals surface area contributed by atoms with Crippen molar-refractivity contribution in [1.29, 1.82) is 0 Å². The van der Waals surface area contributed by atoms with E-state index >= 15 is 0 Å². The zero-order valence-corrected chi connectivity index (χ0v) is 17.1. The fraction of sp³-hybridized carbons (Fsp3) is 0.333. The van der Waals surface area contributed by atoms with Crippen molar-refractivity contribution in [2.24, 2.45) is 0 Å². The van der Waals surface area contributed by atoms with Gasteiger partial charge >= 0.3 is 29.6 Å². The van der Waals surface area contributed by atoms with E-state index in [1.54, 1.807) is 0 Å². The molecule has 6 nitrogen and oxygen atoms in total. The first-order chi connectivity index (χ1) is 8.63. The Balaban J connectivity index is 0.00000361. The van der Waals surface area contributed by atoms with E-state index in [4.69, 9.17) is 4.74 Å². The number of hydrogen-bond acceptors (Lipinski definition) is 6. The van der Waals surface area contributed by atoms with Crippen molar-refractivity contribution in [3.8, 4) is 5.75 Å². The van der Waals surface area contributed by atoms with Crippen LogP contribution in [-0.2, 0) is 20.0 Å². The molecule has 0 fully saturated rings. The van der Waals surface area contributed by atoms with Crippen LogP contribution in [0.2, 0.25) is 0 Å². The number of sulfone groups is 1. The molecule has 0 amide bonds. The third-order valence-corrected chi connectivity index (χ3v) is 7.01. The van der Waals surface area contributed by atoms with Crippen molar-refractivity contribution in [3.05, 3.63) is 24.3 Å². The molecule has 0 atom stereocenters. The predicted molar refractivity (Wildman–Crippen MR) is 75.3 cm³/mol. The number of rotatable bonds is 6. The molecule has 1 rings (SSSR count). The Labute approximate surface area is 156 Å². The molecule has 108 valence electrons. The molecule has 0 aliphatic heterocycles. The third kappa shape index (κ3) is 6.73. The van der Waals surface area contributed by atoms with E-state index < -0.39 is 28.8 Å². The summed E-state index contributed by atoms with van der Waals surface area (Å²) in [6, 6.07) is 5.41. The van der Waals surface area contributed by atoms with Gasteiger partial charge in [0.25, 0.3) is 0 Å². The number of hydrogen-bond donors (Lipinski definition) is 0. The largest absolute Gasteiger partial charge is 1.00 e. The monoisotopic (exact) mass is 458 g/mol. The summed E-state index contributed by atoms with van der Waals surface area (Å²) < 4.78 is 58.7. The average molecular weight is 460 g/mol. The smallest absolute Gasteiger partial charge is 0.748 e. The van der Waals surface area contributed by atoms with Crippen LogP contribution in [0.15, 0.2) is 29.2 Å². The fourth-order valence-corrected chi connectivity index (χ4v) is 3.39. The average Bonchev–Trinajstić information content (AvgIpc) is 2.27. The number of ether oxygens (including phenoxy) is 1. The van der Waals surface area contributed by atoms with Gasteiger partial charge in [-0.3, -0.25) is 0 Å². The van der Waals surface area contributed by atoms with Crippen LogP contribution in [0, 0.1) is 0 Å². The van der Waals surface area contributed by atoms with Gasteiger partial charge < -0.3 is 9.29 Å². The molecule has 11 heteroatoms. The zero-order chi connectivity index (χ0) is 14.7. The van der Waals surface area contributed by atoms with Gasteiger partial charge in [0.15, 0.2) is 3.07 Å². The predicted octanol–water partition coefficient (Wildman–Crippen LogP) is -1.54. The maximum atomic E-state index is 11.7. The van der Waals surface area contributed by atoms with Gasteiger partial charge in [-0.2, -0.15) is 0 Å². The molecule has 0 bridgehead atoms. The van der Waals surface area contributed by atoms with Crippen LogP contribution in [0.3, 0.4) is 0 Å². The Morgan fingerprint density at radius 2 is 1.60 bits per heavy atom. The first-order valence-electron chi connectivity index (χ1n) is 4.81. The Hall–Kier alpha value is 0.840. The van der Waals surface area contributed by atoms with E-state index in [0.717, 1.165) is 0 Å². The van der Waals surface area contributed by atoms with Gasteiger partial charge in [-0.05, 0) is 24.3 Å². The summed E-state index contributed by atoms with van der Waals surface area (Å²) >= 11 is 5.82. The summed E-state index contributed by atoms with van der Waals surface area (Å²) in [4.78, 5) is 0.0787. The Bertz CT molecular complexity index is 627. The van der Waals surface area contributed by atoms with Crippen molar-refractivity contribution < 1.29 is 55.7 Å². The van der Waals surface area contributed by atoms with E-state index in [1.165, 1.54) is 24.3 Å². The van der Waals surface area contributed by atoms with E-state index in [9.17, 15) is 21.4 Å². The van der Waals surface area contributed by atoms with Crippen LogP contribution in [0.5, 0.6) is 5.75 Å². The van der Waals surface area contributed by atoms with Gasteiger partial charge in [0.1, 0.15) is 12.4 Å². The van der Waals surface area contributed by atoms with Crippen molar-refractivity contribution >= 4 is 51.8 Å². The first kappa shape index (κ1) is 20.8. The summed E-state index contributed by atoms with van der Waals surface area (Å²) in [5.41, 5.74) is 0.